The molecule has 158 valence electrons. The molecule has 1 N–H and O–H groups in total. The third-order valence-electron chi connectivity index (χ3n) is 5.59. The van der Waals surface area contributed by atoms with Crippen LogP contribution in [0.4, 0.5) is 17.2 Å². The molecule has 0 saturated heterocycles. The van der Waals surface area contributed by atoms with E-state index in [1.165, 1.54) is 5.56 Å². The van der Waals surface area contributed by atoms with Crippen molar-refractivity contribution in [3.63, 3.8) is 0 Å². The summed E-state index contributed by atoms with van der Waals surface area (Å²) in [5, 5.41) is 4.51. The first-order valence-electron chi connectivity index (χ1n) is 10.6. The molecule has 0 aliphatic heterocycles. The van der Waals surface area contributed by atoms with Crippen molar-refractivity contribution in [2.24, 2.45) is 0 Å². The maximum absolute atomic E-state index is 4.68. The number of hydrogen-bond acceptors (Lipinski definition) is 4. The summed E-state index contributed by atoms with van der Waals surface area (Å²) in [4.78, 5) is 11.4. The van der Waals surface area contributed by atoms with Crippen LogP contribution in [0, 0.1) is 6.92 Å². The van der Waals surface area contributed by atoms with E-state index >= 15 is 0 Å². The predicted octanol–water partition coefficient (Wildman–Crippen LogP) is 6.21. The third kappa shape index (κ3) is 3.69. The van der Waals surface area contributed by atoms with Crippen molar-refractivity contribution in [3.8, 4) is 16.8 Å². The van der Waals surface area contributed by atoms with Gasteiger partial charge in [-0.25, -0.2) is 9.97 Å². The van der Waals surface area contributed by atoms with Crippen LogP contribution in [0.3, 0.4) is 0 Å². The zero-order valence-corrected chi connectivity index (χ0v) is 18.4. The minimum absolute atomic E-state index is 0.790. The van der Waals surface area contributed by atoms with Crippen LogP contribution in [0.1, 0.15) is 5.56 Å². The molecule has 0 spiro atoms. The SMILES string of the molecule is Cc1cccc(-n2cc(-c3ccccc3)c3c(Nc4ccc(N(C)C)cc4)ncnc32)c1. The van der Waals surface area contributed by atoms with E-state index in [-0.39, 0.29) is 0 Å². The van der Waals surface area contributed by atoms with Crippen molar-refractivity contribution >= 4 is 28.2 Å². The molecule has 0 aliphatic carbocycles. The summed E-state index contributed by atoms with van der Waals surface area (Å²) < 4.78 is 2.15. The van der Waals surface area contributed by atoms with Crippen LogP contribution in [0.25, 0.3) is 27.8 Å². The second-order valence-corrected chi connectivity index (χ2v) is 8.10. The summed E-state index contributed by atoms with van der Waals surface area (Å²) in [5.74, 6) is 0.790. The molecule has 0 radical (unpaired) electrons. The van der Waals surface area contributed by atoms with E-state index < -0.39 is 0 Å². The van der Waals surface area contributed by atoms with Crippen molar-refractivity contribution in [1.82, 2.24) is 14.5 Å². The average Bonchev–Trinajstić information content (AvgIpc) is 3.21. The highest BCUT2D eigenvalue weighted by Gasteiger charge is 2.17. The second-order valence-electron chi connectivity index (χ2n) is 8.10. The van der Waals surface area contributed by atoms with Crippen LogP contribution in [-0.4, -0.2) is 28.6 Å². The Morgan fingerprint density at radius 3 is 2.34 bits per heavy atom. The minimum Gasteiger partial charge on any atom is -0.378 e. The van der Waals surface area contributed by atoms with E-state index in [9.17, 15) is 0 Å². The Labute approximate surface area is 188 Å². The monoisotopic (exact) mass is 419 g/mol. The van der Waals surface area contributed by atoms with E-state index in [2.05, 4.69) is 111 Å². The molecule has 0 bridgehead atoms. The summed E-state index contributed by atoms with van der Waals surface area (Å²) in [6, 6.07) is 27.2. The summed E-state index contributed by atoms with van der Waals surface area (Å²) in [6.45, 7) is 2.10. The van der Waals surface area contributed by atoms with E-state index in [0.29, 0.717) is 0 Å². The van der Waals surface area contributed by atoms with E-state index in [1.807, 2.05) is 20.2 Å². The van der Waals surface area contributed by atoms with Crippen LogP contribution >= 0.6 is 0 Å². The number of aryl methyl sites for hydroxylation is 1. The average molecular weight is 420 g/mol. The number of aromatic nitrogens is 3. The van der Waals surface area contributed by atoms with Gasteiger partial charge in [0, 0.05) is 42.9 Å². The van der Waals surface area contributed by atoms with Gasteiger partial charge in [-0.15, -0.1) is 0 Å². The number of anilines is 3. The van der Waals surface area contributed by atoms with E-state index in [0.717, 1.165) is 45.0 Å². The predicted molar refractivity (Wildman–Crippen MR) is 133 cm³/mol. The number of hydrogen-bond donors (Lipinski definition) is 1. The van der Waals surface area contributed by atoms with Crippen LogP contribution in [0.5, 0.6) is 0 Å². The van der Waals surface area contributed by atoms with Crippen molar-refractivity contribution in [1.29, 1.82) is 0 Å². The fraction of sp³-hybridized carbons (Fsp3) is 0.111. The van der Waals surface area contributed by atoms with Crippen LogP contribution in [-0.2, 0) is 0 Å². The molecule has 0 fully saturated rings. The molecule has 5 nitrogen and oxygen atoms in total. The van der Waals surface area contributed by atoms with Crippen molar-refractivity contribution in [2.45, 2.75) is 6.92 Å². The molecule has 5 heteroatoms. The fourth-order valence-corrected chi connectivity index (χ4v) is 3.95. The van der Waals surface area contributed by atoms with Crippen molar-refractivity contribution < 1.29 is 0 Å². The number of nitrogens with one attached hydrogen (secondary N) is 1. The molecule has 0 amide bonds. The van der Waals surface area contributed by atoms with E-state index in [4.69, 9.17) is 0 Å². The Bertz CT molecular complexity index is 1370. The molecule has 0 aliphatic rings. The Kier molecular flexibility index (Phi) is 5.07. The van der Waals surface area contributed by atoms with Gasteiger partial charge in [-0.2, -0.15) is 0 Å². The number of fused-ring (bicyclic) bond motifs is 1. The number of rotatable bonds is 5. The minimum atomic E-state index is 0.790. The summed E-state index contributed by atoms with van der Waals surface area (Å²) in [7, 11) is 4.08. The topological polar surface area (TPSA) is 46.0 Å². The van der Waals surface area contributed by atoms with Gasteiger partial charge in [0.2, 0.25) is 0 Å². The van der Waals surface area contributed by atoms with Gasteiger partial charge in [0.05, 0.1) is 5.39 Å². The summed E-state index contributed by atoms with van der Waals surface area (Å²) >= 11 is 0. The molecule has 5 rings (SSSR count). The van der Waals surface area contributed by atoms with Crippen LogP contribution < -0.4 is 10.2 Å². The van der Waals surface area contributed by atoms with Gasteiger partial charge in [0.25, 0.3) is 0 Å². The van der Waals surface area contributed by atoms with Crippen molar-refractivity contribution in [3.05, 3.63) is 97.0 Å². The first-order chi connectivity index (χ1) is 15.6. The standard InChI is InChI=1S/C27H25N5/c1-19-8-7-11-23(16-19)32-17-24(20-9-5-4-6-10-20)25-26(28-18-29-27(25)32)30-21-12-14-22(15-13-21)31(2)3/h4-18H,1-3H3,(H,28,29,30). The summed E-state index contributed by atoms with van der Waals surface area (Å²) in [5.41, 5.74) is 7.52. The Balaban J connectivity index is 1.69. The highest BCUT2D eigenvalue weighted by atomic mass is 15.1. The first kappa shape index (κ1) is 19.8. The smallest absolute Gasteiger partial charge is 0.150 e. The quantitative estimate of drug-likeness (QED) is 0.368. The Morgan fingerprint density at radius 2 is 1.62 bits per heavy atom. The fourth-order valence-electron chi connectivity index (χ4n) is 3.95. The molecule has 0 unspecified atom stereocenters. The lowest BCUT2D eigenvalue weighted by atomic mass is 10.1. The summed E-state index contributed by atoms with van der Waals surface area (Å²) in [6.07, 6.45) is 3.78. The molecule has 3 aromatic carbocycles. The Hall–Kier alpha value is -4.12. The second kappa shape index (κ2) is 8.19. The van der Waals surface area contributed by atoms with Gasteiger partial charge < -0.3 is 14.8 Å². The molecule has 2 aromatic heterocycles. The van der Waals surface area contributed by atoms with E-state index in [1.54, 1.807) is 6.33 Å². The lowest BCUT2D eigenvalue weighted by molar-refractivity contribution is 1.07. The van der Waals surface area contributed by atoms with Crippen LogP contribution in [0.15, 0.2) is 91.4 Å². The van der Waals surface area contributed by atoms with Crippen molar-refractivity contribution in [2.75, 3.05) is 24.3 Å². The van der Waals surface area contributed by atoms with Gasteiger partial charge in [-0.1, -0.05) is 42.5 Å². The maximum Gasteiger partial charge on any atom is 0.150 e. The van der Waals surface area contributed by atoms with Gasteiger partial charge in [0.15, 0.2) is 5.65 Å². The highest BCUT2D eigenvalue weighted by molar-refractivity contribution is 6.03. The highest BCUT2D eigenvalue weighted by Crippen LogP contribution is 2.36. The first-order valence-corrected chi connectivity index (χ1v) is 10.6. The van der Waals surface area contributed by atoms with Gasteiger partial charge in [-0.3, -0.25) is 0 Å². The maximum atomic E-state index is 4.68. The zero-order valence-electron chi connectivity index (χ0n) is 18.4. The zero-order chi connectivity index (χ0) is 22.1. The Morgan fingerprint density at radius 1 is 0.844 bits per heavy atom. The van der Waals surface area contributed by atoms with Gasteiger partial charge in [0.1, 0.15) is 12.1 Å². The normalized spacial score (nSPS) is 11.0. The number of benzene rings is 3. The molecule has 0 atom stereocenters. The molecule has 0 saturated carbocycles. The molecule has 32 heavy (non-hydrogen) atoms. The van der Waals surface area contributed by atoms with Crippen LogP contribution in [0.2, 0.25) is 0 Å². The molecule has 2 heterocycles. The van der Waals surface area contributed by atoms with Gasteiger partial charge >= 0.3 is 0 Å². The molecule has 5 aromatic rings. The lowest BCUT2D eigenvalue weighted by Gasteiger charge is -2.13. The lowest BCUT2D eigenvalue weighted by Crippen LogP contribution is -2.08. The third-order valence-corrected chi connectivity index (χ3v) is 5.59. The number of nitrogens with zero attached hydrogens (tertiary/aromatic N) is 4. The molecular weight excluding hydrogens is 394 g/mol. The molecular formula is C27H25N5. The largest absolute Gasteiger partial charge is 0.378 e. The van der Waals surface area contributed by atoms with Gasteiger partial charge in [-0.05, 0) is 54.4 Å².